The Balaban J connectivity index is 0.00000222. The second-order valence-corrected chi connectivity index (χ2v) is 9.52. The highest BCUT2D eigenvalue weighted by Crippen LogP contribution is 2.52. The van der Waals surface area contributed by atoms with E-state index in [-0.39, 0.29) is 11.6 Å². The molecule has 2 fully saturated rings. The van der Waals surface area contributed by atoms with Gasteiger partial charge in [-0.2, -0.15) is 18.2 Å². The van der Waals surface area contributed by atoms with Crippen LogP contribution >= 0.6 is 11.8 Å². The number of carbonyl (C=O) groups excluding carboxylic acids is 1. The zero-order valence-electron chi connectivity index (χ0n) is 20.7. The molecule has 0 aromatic heterocycles. The van der Waals surface area contributed by atoms with Crippen LogP contribution in [0.15, 0.2) is 9.89 Å². The number of phenols is 2. The van der Waals surface area contributed by atoms with Crippen molar-refractivity contribution in [1.29, 1.82) is 0 Å². The summed E-state index contributed by atoms with van der Waals surface area (Å²) in [6.45, 7) is 8.36. The van der Waals surface area contributed by atoms with Gasteiger partial charge in [0, 0.05) is 38.3 Å². The summed E-state index contributed by atoms with van der Waals surface area (Å²) in [6.07, 6.45) is 1.21. The summed E-state index contributed by atoms with van der Waals surface area (Å²) in [5.74, 6) is -2.33. The molecule has 1 saturated heterocycles. The number of nitro benzene ring substituents is 1. The zero-order valence-corrected chi connectivity index (χ0v) is 21.5. The first-order valence-corrected chi connectivity index (χ1v) is 12.8. The maximum absolute atomic E-state index is 13.3. The SMILES string of the molecule is CC.Cc1c(O)c(C(F)(F)F)c(O)c([N+](=O)[O-])c1SC(=NC=O)N1CCN(CC2CCCCC2)CC1. The van der Waals surface area contributed by atoms with Crippen molar-refractivity contribution in [2.24, 2.45) is 10.9 Å². The summed E-state index contributed by atoms with van der Waals surface area (Å²) >= 11 is 0.583. The van der Waals surface area contributed by atoms with Crippen LogP contribution in [0.3, 0.4) is 0 Å². The molecule has 1 heterocycles. The molecule has 1 aromatic carbocycles. The second-order valence-electron chi connectivity index (χ2n) is 8.54. The number of alkyl halides is 3. The van der Waals surface area contributed by atoms with Crippen LogP contribution in [0.5, 0.6) is 11.5 Å². The second kappa shape index (κ2) is 13.1. The number of aliphatic imine (C=N–C) groups is 1. The predicted molar refractivity (Wildman–Crippen MR) is 131 cm³/mol. The number of carbonyl (C=O) groups is 1. The van der Waals surface area contributed by atoms with Gasteiger partial charge in [0.05, 0.1) is 4.92 Å². The van der Waals surface area contributed by atoms with Crippen LogP contribution in [0.1, 0.15) is 57.1 Å². The van der Waals surface area contributed by atoms with Crippen molar-refractivity contribution in [3.8, 4) is 11.5 Å². The molecule has 1 aliphatic heterocycles. The first kappa shape index (κ1) is 29.7. The number of phenolic OH excluding ortho intramolecular Hbond substituents is 2. The largest absolute Gasteiger partial charge is 0.507 e. The molecule has 0 spiro atoms. The number of hydrogen-bond donors (Lipinski definition) is 2. The first-order chi connectivity index (χ1) is 17.0. The fourth-order valence-corrected chi connectivity index (χ4v) is 5.65. The van der Waals surface area contributed by atoms with Gasteiger partial charge in [-0.1, -0.05) is 33.1 Å². The van der Waals surface area contributed by atoms with Crippen LogP contribution < -0.4 is 0 Å². The number of amidine groups is 1. The third kappa shape index (κ3) is 7.02. The molecule has 1 saturated carbocycles. The van der Waals surface area contributed by atoms with Crippen molar-refractivity contribution < 1.29 is 33.1 Å². The summed E-state index contributed by atoms with van der Waals surface area (Å²) in [6, 6.07) is 0. The molecule has 0 atom stereocenters. The summed E-state index contributed by atoms with van der Waals surface area (Å²) in [5.41, 5.74) is -3.50. The molecule has 1 amide bonds. The fourth-order valence-electron chi connectivity index (χ4n) is 4.54. The van der Waals surface area contributed by atoms with E-state index in [0.717, 1.165) is 13.5 Å². The Morgan fingerprint density at radius 2 is 1.72 bits per heavy atom. The van der Waals surface area contributed by atoms with Gasteiger partial charge in [-0.25, -0.2) is 0 Å². The van der Waals surface area contributed by atoms with E-state index in [1.807, 2.05) is 13.8 Å². The Morgan fingerprint density at radius 3 is 2.22 bits per heavy atom. The maximum atomic E-state index is 13.3. The van der Waals surface area contributed by atoms with E-state index in [1.54, 1.807) is 4.90 Å². The number of thioether (sulfide) groups is 1. The Bertz CT molecular complexity index is 960. The van der Waals surface area contributed by atoms with Crippen molar-refractivity contribution in [2.75, 3.05) is 32.7 Å². The lowest BCUT2D eigenvalue weighted by molar-refractivity contribution is -0.389. The molecule has 1 aromatic rings. The van der Waals surface area contributed by atoms with Crippen molar-refractivity contribution in [2.45, 2.75) is 63.9 Å². The minimum atomic E-state index is -5.21. The van der Waals surface area contributed by atoms with E-state index in [4.69, 9.17) is 0 Å². The zero-order chi connectivity index (χ0) is 27.0. The molecule has 9 nitrogen and oxygen atoms in total. The standard InChI is InChI=1S/C21H27F3N4O5S.C2H6/c1-13-17(30)15(21(22,23)24)18(31)16(28(32)33)19(13)34-20(25-12-29)27-9-7-26(8-10-27)11-14-5-3-2-4-6-14;1-2/h12,14,30-31H,2-11H2,1H3;1-2H3. The van der Waals surface area contributed by atoms with Crippen molar-refractivity contribution >= 4 is 29.0 Å². The molecule has 1 aliphatic carbocycles. The molecular formula is C23H33F3N4O5S. The number of aromatic hydroxyl groups is 2. The summed E-state index contributed by atoms with van der Waals surface area (Å²) in [5, 5.41) is 31.8. The van der Waals surface area contributed by atoms with E-state index in [9.17, 15) is 38.3 Å². The van der Waals surface area contributed by atoms with E-state index >= 15 is 0 Å². The lowest BCUT2D eigenvalue weighted by atomic mass is 9.89. The molecule has 2 aliphatic rings. The van der Waals surface area contributed by atoms with Gasteiger partial charge in [-0.15, -0.1) is 0 Å². The van der Waals surface area contributed by atoms with Crippen molar-refractivity contribution in [3.05, 3.63) is 21.2 Å². The Kier molecular flexibility index (Phi) is 10.8. The third-order valence-corrected chi connectivity index (χ3v) is 7.57. The number of hydrogen-bond acceptors (Lipinski definition) is 7. The number of benzene rings is 1. The molecule has 13 heteroatoms. The molecule has 0 bridgehead atoms. The van der Waals surface area contributed by atoms with E-state index < -0.39 is 44.3 Å². The number of rotatable bonds is 5. The number of amides is 1. The highest BCUT2D eigenvalue weighted by molar-refractivity contribution is 8.14. The van der Waals surface area contributed by atoms with Gasteiger partial charge in [0.2, 0.25) is 12.2 Å². The van der Waals surface area contributed by atoms with E-state index in [2.05, 4.69) is 9.89 Å². The van der Waals surface area contributed by atoms with Gasteiger partial charge >= 0.3 is 11.9 Å². The van der Waals surface area contributed by atoms with E-state index in [1.165, 1.54) is 32.1 Å². The van der Waals surface area contributed by atoms with Crippen LogP contribution in [0.25, 0.3) is 0 Å². The van der Waals surface area contributed by atoms with Gasteiger partial charge in [-0.3, -0.25) is 19.8 Å². The maximum Gasteiger partial charge on any atom is 0.423 e. The molecule has 2 N–H and O–H groups in total. The fraction of sp³-hybridized carbons (Fsp3) is 0.652. The topological polar surface area (TPSA) is 120 Å². The molecule has 0 radical (unpaired) electrons. The van der Waals surface area contributed by atoms with Gasteiger partial charge in [0.15, 0.2) is 5.17 Å². The average Bonchev–Trinajstić information content (AvgIpc) is 2.83. The minimum Gasteiger partial charge on any atom is -0.507 e. The summed E-state index contributed by atoms with van der Waals surface area (Å²) in [7, 11) is 0. The van der Waals surface area contributed by atoms with Crippen LogP contribution in [-0.4, -0.2) is 69.2 Å². The van der Waals surface area contributed by atoms with Gasteiger partial charge in [0.25, 0.3) is 0 Å². The average molecular weight is 535 g/mol. The lowest BCUT2D eigenvalue weighted by Crippen LogP contribution is -2.49. The van der Waals surface area contributed by atoms with Crippen molar-refractivity contribution in [3.63, 3.8) is 0 Å². The highest BCUT2D eigenvalue weighted by Gasteiger charge is 2.44. The van der Waals surface area contributed by atoms with Crippen molar-refractivity contribution in [1.82, 2.24) is 9.80 Å². The first-order valence-electron chi connectivity index (χ1n) is 12.0. The molecule has 3 rings (SSSR count). The predicted octanol–water partition coefficient (Wildman–Crippen LogP) is 5.16. The van der Waals surface area contributed by atoms with Crippen LogP contribution in [0, 0.1) is 23.0 Å². The van der Waals surface area contributed by atoms with Crippen LogP contribution in [-0.2, 0) is 11.0 Å². The number of nitrogens with zero attached hydrogens (tertiary/aromatic N) is 4. The smallest absolute Gasteiger partial charge is 0.423 e. The monoisotopic (exact) mass is 534 g/mol. The van der Waals surface area contributed by atoms with Crippen LogP contribution in [0.2, 0.25) is 0 Å². The number of nitro groups is 1. The Hall–Kier alpha value is -2.54. The molecule has 36 heavy (non-hydrogen) atoms. The molecule has 0 unspecified atom stereocenters. The highest BCUT2D eigenvalue weighted by atomic mass is 32.2. The Labute approximate surface area is 212 Å². The Morgan fingerprint density at radius 1 is 1.14 bits per heavy atom. The lowest BCUT2D eigenvalue weighted by Gasteiger charge is -2.38. The van der Waals surface area contributed by atoms with Crippen LogP contribution in [0.4, 0.5) is 18.9 Å². The summed E-state index contributed by atoms with van der Waals surface area (Å²) in [4.78, 5) is 29.0. The van der Waals surface area contributed by atoms with E-state index in [0.29, 0.717) is 43.9 Å². The van der Waals surface area contributed by atoms with Gasteiger partial charge in [0.1, 0.15) is 16.2 Å². The minimum absolute atomic E-state index is 0.0528. The molecule has 202 valence electrons. The summed E-state index contributed by atoms with van der Waals surface area (Å²) < 4.78 is 39.9. The normalized spacial score (nSPS) is 17.9. The number of halogens is 3. The molecular weight excluding hydrogens is 501 g/mol. The quantitative estimate of drug-likeness (QED) is 0.133. The third-order valence-electron chi connectivity index (χ3n) is 6.32. The van der Waals surface area contributed by atoms with Gasteiger partial charge in [-0.05, 0) is 37.4 Å². The van der Waals surface area contributed by atoms with Gasteiger partial charge < -0.3 is 15.1 Å². The number of piperazine rings is 1.